The Balaban J connectivity index is 1.33. The largest absolute Gasteiger partial charge is 0.495 e. The molecule has 0 saturated heterocycles. The van der Waals surface area contributed by atoms with E-state index in [1.54, 1.807) is 66.7 Å². The zero-order valence-corrected chi connectivity index (χ0v) is 25.5. The number of methoxy groups -OCH3 is 1. The van der Waals surface area contributed by atoms with E-state index in [9.17, 15) is 31.9 Å². The lowest BCUT2D eigenvalue weighted by Crippen LogP contribution is -2.40. The number of amides is 3. The van der Waals surface area contributed by atoms with Crippen molar-refractivity contribution in [3.63, 3.8) is 0 Å². The number of carbonyl (C=O) groups excluding carboxylic acids is 3. The predicted octanol–water partition coefficient (Wildman–Crippen LogP) is 7.56. The van der Waals surface area contributed by atoms with E-state index in [2.05, 4.69) is 16.0 Å². The van der Waals surface area contributed by atoms with Gasteiger partial charge in [-0.2, -0.15) is 13.2 Å². The van der Waals surface area contributed by atoms with Crippen molar-refractivity contribution in [3.05, 3.63) is 155 Å². The molecule has 0 aliphatic carbocycles. The molecular formula is C37H29F4N3O4. The second-order valence-electron chi connectivity index (χ2n) is 10.7. The van der Waals surface area contributed by atoms with Crippen molar-refractivity contribution in [1.29, 1.82) is 0 Å². The van der Waals surface area contributed by atoms with Crippen LogP contribution in [0, 0.1) is 5.82 Å². The van der Waals surface area contributed by atoms with Gasteiger partial charge in [-0.05, 0) is 70.8 Å². The Morgan fingerprint density at radius 3 is 2.10 bits per heavy atom. The number of hydrogen-bond acceptors (Lipinski definition) is 4. The average molecular weight is 656 g/mol. The van der Waals surface area contributed by atoms with Crippen LogP contribution in [0.1, 0.15) is 43.4 Å². The summed E-state index contributed by atoms with van der Waals surface area (Å²) in [6.45, 7) is 0.114. The molecule has 0 fully saturated rings. The van der Waals surface area contributed by atoms with Gasteiger partial charge in [0.25, 0.3) is 11.8 Å². The van der Waals surface area contributed by atoms with Gasteiger partial charge in [0.2, 0.25) is 5.91 Å². The topological polar surface area (TPSA) is 96.5 Å². The summed E-state index contributed by atoms with van der Waals surface area (Å²) in [6.07, 6.45) is -4.49. The van der Waals surface area contributed by atoms with Crippen LogP contribution >= 0.6 is 0 Å². The van der Waals surface area contributed by atoms with Crippen LogP contribution in [0.5, 0.6) is 5.75 Å². The standard InChI is InChI=1S/C37H29F4N3O4/c1-48-32-21-26(34(45)44-33(25-7-3-2-4-8-25)36(47)42-22-23-11-18-28(38)19-12-23)15-20-31(32)43-35(46)30-10-6-5-9-29(30)24-13-16-27(17-14-24)37(39,40)41/h2-21,33H,22H2,1H3,(H,42,47)(H,43,46)(H,44,45). The van der Waals surface area contributed by atoms with Crippen molar-refractivity contribution in [3.8, 4) is 16.9 Å². The van der Waals surface area contributed by atoms with Crippen LogP contribution in [0.4, 0.5) is 23.2 Å². The summed E-state index contributed by atoms with van der Waals surface area (Å²) in [4.78, 5) is 40.1. The smallest absolute Gasteiger partial charge is 0.416 e. The number of halogens is 4. The highest BCUT2D eigenvalue weighted by molar-refractivity contribution is 6.09. The zero-order valence-electron chi connectivity index (χ0n) is 25.5. The Kier molecular flexibility index (Phi) is 10.2. The van der Waals surface area contributed by atoms with Gasteiger partial charge in [-0.1, -0.05) is 72.8 Å². The molecule has 5 aromatic carbocycles. The summed E-state index contributed by atoms with van der Waals surface area (Å²) >= 11 is 0. The molecule has 3 N–H and O–H groups in total. The van der Waals surface area contributed by atoms with Crippen LogP contribution in [0.3, 0.4) is 0 Å². The molecule has 0 aliphatic rings. The number of alkyl halides is 3. The van der Waals surface area contributed by atoms with E-state index in [1.165, 1.54) is 49.6 Å². The van der Waals surface area contributed by atoms with Gasteiger partial charge in [0.05, 0.1) is 18.4 Å². The molecule has 244 valence electrons. The van der Waals surface area contributed by atoms with Crippen molar-refractivity contribution in [2.75, 3.05) is 12.4 Å². The Morgan fingerprint density at radius 2 is 1.44 bits per heavy atom. The fourth-order valence-corrected chi connectivity index (χ4v) is 4.95. The second-order valence-corrected chi connectivity index (χ2v) is 10.7. The number of nitrogens with one attached hydrogen (secondary N) is 3. The van der Waals surface area contributed by atoms with Gasteiger partial charge in [-0.3, -0.25) is 14.4 Å². The number of ether oxygens (including phenoxy) is 1. The van der Waals surface area contributed by atoms with Crippen LogP contribution in [0.25, 0.3) is 11.1 Å². The van der Waals surface area contributed by atoms with Crippen LogP contribution in [0.15, 0.2) is 121 Å². The first-order chi connectivity index (χ1) is 23.0. The average Bonchev–Trinajstić information content (AvgIpc) is 3.10. The van der Waals surface area contributed by atoms with Crippen molar-refractivity contribution in [1.82, 2.24) is 10.6 Å². The summed E-state index contributed by atoms with van der Waals surface area (Å²) in [6, 6.07) is 28.6. The van der Waals surface area contributed by atoms with E-state index in [4.69, 9.17) is 4.74 Å². The summed E-state index contributed by atoms with van der Waals surface area (Å²) in [7, 11) is 1.36. The molecule has 5 aromatic rings. The van der Waals surface area contributed by atoms with E-state index in [0.717, 1.165) is 12.1 Å². The van der Waals surface area contributed by atoms with Crippen molar-refractivity contribution in [2.24, 2.45) is 0 Å². The maximum absolute atomic E-state index is 13.4. The number of anilines is 1. The summed E-state index contributed by atoms with van der Waals surface area (Å²) in [5.41, 5.74) is 1.82. The van der Waals surface area contributed by atoms with Gasteiger partial charge in [-0.25, -0.2) is 4.39 Å². The Bertz CT molecular complexity index is 1910. The minimum absolute atomic E-state index is 0.114. The molecule has 0 bridgehead atoms. The van der Waals surface area contributed by atoms with E-state index in [1.807, 2.05) is 0 Å². The first kappa shape index (κ1) is 33.4. The summed E-state index contributed by atoms with van der Waals surface area (Å²) < 4.78 is 58.0. The molecule has 0 heterocycles. The van der Waals surface area contributed by atoms with E-state index in [-0.39, 0.29) is 29.1 Å². The third kappa shape index (κ3) is 8.05. The first-order valence-corrected chi connectivity index (χ1v) is 14.7. The molecule has 48 heavy (non-hydrogen) atoms. The minimum Gasteiger partial charge on any atom is -0.495 e. The molecule has 1 unspecified atom stereocenters. The number of rotatable bonds is 10. The highest BCUT2D eigenvalue weighted by atomic mass is 19.4. The van der Waals surface area contributed by atoms with Gasteiger partial charge >= 0.3 is 6.18 Å². The highest BCUT2D eigenvalue weighted by Crippen LogP contribution is 2.33. The molecule has 0 radical (unpaired) electrons. The highest BCUT2D eigenvalue weighted by Gasteiger charge is 2.30. The van der Waals surface area contributed by atoms with Crippen molar-refractivity contribution < 1.29 is 36.7 Å². The maximum Gasteiger partial charge on any atom is 0.416 e. The van der Waals surface area contributed by atoms with Crippen LogP contribution in [-0.2, 0) is 17.5 Å². The van der Waals surface area contributed by atoms with Crippen LogP contribution in [-0.4, -0.2) is 24.8 Å². The van der Waals surface area contributed by atoms with E-state index in [0.29, 0.717) is 22.3 Å². The SMILES string of the molecule is COc1cc(C(=O)NC(C(=O)NCc2ccc(F)cc2)c2ccccc2)ccc1NC(=O)c1ccccc1-c1ccc(C(F)(F)F)cc1. The van der Waals surface area contributed by atoms with Crippen LogP contribution in [0.2, 0.25) is 0 Å². The van der Waals surface area contributed by atoms with Gasteiger partial charge in [0, 0.05) is 17.7 Å². The predicted molar refractivity (Wildman–Crippen MR) is 173 cm³/mol. The molecule has 3 amide bonds. The summed E-state index contributed by atoms with van der Waals surface area (Å²) in [5.74, 6) is -1.88. The lowest BCUT2D eigenvalue weighted by molar-refractivity contribution is -0.137. The Labute approximate surface area is 273 Å². The number of benzene rings is 5. The fourth-order valence-electron chi connectivity index (χ4n) is 4.95. The molecular weight excluding hydrogens is 626 g/mol. The molecule has 0 aliphatic heterocycles. The Hall–Kier alpha value is -5.97. The molecule has 0 aromatic heterocycles. The van der Waals surface area contributed by atoms with Crippen molar-refractivity contribution >= 4 is 23.4 Å². The van der Waals surface area contributed by atoms with E-state index < -0.39 is 41.3 Å². The van der Waals surface area contributed by atoms with Crippen LogP contribution < -0.4 is 20.7 Å². The lowest BCUT2D eigenvalue weighted by Gasteiger charge is -2.20. The van der Waals surface area contributed by atoms with Gasteiger partial charge in [0.15, 0.2) is 0 Å². The molecule has 0 spiro atoms. The minimum atomic E-state index is -4.49. The lowest BCUT2D eigenvalue weighted by atomic mass is 9.98. The number of hydrogen-bond donors (Lipinski definition) is 3. The normalized spacial score (nSPS) is 11.7. The molecule has 7 nitrogen and oxygen atoms in total. The van der Waals surface area contributed by atoms with Gasteiger partial charge in [-0.15, -0.1) is 0 Å². The van der Waals surface area contributed by atoms with Gasteiger partial charge < -0.3 is 20.7 Å². The van der Waals surface area contributed by atoms with Gasteiger partial charge in [0.1, 0.15) is 17.6 Å². The zero-order chi connectivity index (χ0) is 34.3. The second kappa shape index (κ2) is 14.6. The molecule has 5 rings (SSSR count). The third-order valence-corrected chi connectivity index (χ3v) is 7.46. The number of carbonyl (C=O) groups is 3. The fraction of sp³-hybridized carbons (Fsp3) is 0.108. The quantitative estimate of drug-likeness (QED) is 0.135. The first-order valence-electron chi connectivity index (χ1n) is 14.7. The molecule has 0 saturated carbocycles. The molecule has 1 atom stereocenters. The van der Waals surface area contributed by atoms with E-state index >= 15 is 0 Å². The maximum atomic E-state index is 13.4. The van der Waals surface area contributed by atoms with Crippen molar-refractivity contribution in [2.45, 2.75) is 18.8 Å². The molecule has 11 heteroatoms. The summed E-state index contributed by atoms with van der Waals surface area (Å²) in [5, 5.41) is 8.26. The Morgan fingerprint density at radius 1 is 0.771 bits per heavy atom. The monoisotopic (exact) mass is 655 g/mol. The third-order valence-electron chi connectivity index (χ3n) is 7.46.